The van der Waals surface area contributed by atoms with E-state index in [4.69, 9.17) is 9.15 Å². The van der Waals surface area contributed by atoms with Crippen LogP contribution in [0.4, 0.5) is 0 Å². The highest BCUT2D eigenvalue weighted by atomic mass is 79.9. The van der Waals surface area contributed by atoms with Gasteiger partial charge in [0.2, 0.25) is 0 Å². The summed E-state index contributed by atoms with van der Waals surface area (Å²) in [4.78, 5) is 0. The molecule has 0 N–H and O–H groups in total. The second kappa shape index (κ2) is 14.1. The van der Waals surface area contributed by atoms with Gasteiger partial charge in [-0.3, -0.25) is 0 Å². The first-order valence-corrected chi connectivity index (χ1v) is 17.4. The van der Waals surface area contributed by atoms with Gasteiger partial charge in [-0.05, 0) is 91.2 Å². The molecule has 0 aliphatic heterocycles. The maximum atomic E-state index is 6.41. The van der Waals surface area contributed by atoms with Crippen LogP contribution in [-0.4, -0.2) is 11.2 Å². The quantitative estimate of drug-likeness (QED) is 0.0977. The summed E-state index contributed by atoms with van der Waals surface area (Å²) in [6.07, 6.45) is 4.54. The van der Waals surface area contributed by atoms with Gasteiger partial charge in [-0.25, -0.2) is 4.42 Å². The zero-order valence-electron chi connectivity index (χ0n) is 25.5. The van der Waals surface area contributed by atoms with Crippen molar-refractivity contribution in [3.05, 3.63) is 142 Å². The smallest absolute Gasteiger partial charge is 0.361 e. The van der Waals surface area contributed by atoms with Crippen LogP contribution in [0.25, 0.3) is 55.6 Å². The fourth-order valence-electron chi connectivity index (χ4n) is 6.08. The molecule has 228 valence electrons. The van der Waals surface area contributed by atoms with Crippen LogP contribution >= 0.6 is 31.9 Å². The fourth-order valence-corrected chi connectivity index (χ4v) is 6.61. The molecule has 0 atom stereocenters. The molecule has 0 spiro atoms. The van der Waals surface area contributed by atoms with Crippen LogP contribution in [0.15, 0.2) is 147 Å². The van der Waals surface area contributed by atoms with Crippen molar-refractivity contribution in [1.29, 1.82) is 0 Å². The lowest BCUT2D eigenvalue weighted by Crippen LogP contribution is -2.00. The van der Waals surface area contributed by atoms with Gasteiger partial charge in [0.05, 0.1) is 29.9 Å². The van der Waals surface area contributed by atoms with Crippen molar-refractivity contribution in [3.8, 4) is 39.5 Å². The number of fused-ring (bicyclic) bond motifs is 3. The minimum atomic E-state index is 0.723. The lowest BCUT2D eigenvalue weighted by Gasteiger charge is -2.09. The normalized spacial score (nSPS) is 11.3. The van der Waals surface area contributed by atoms with Gasteiger partial charge in [0.25, 0.3) is 0 Å². The number of unbranched alkanes of at least 4 members (excludes halogenated alkanes) is 3. The van der Waals surface area contributed by atoms with Gasteiger partial charge < -0.3 is 9.30 Å². The van der Waals surface area contributed by atoms with Gasteiger partial charge in [-0.15, -0.1) is 0 Å². The first kappa shape index (κ1) is 30.5. The summed E-state index contributed by atoms with van der Waals surface area (Å²) in [6.45, 7) is 1.76. The molecule has 0 aliphatic rings. The maximum absolute atomic E-state index is 6.41. The highest BCUT2D eigenvalue weighted by Crippen LogP contribution is 2.35. The Kier molecular flexibility index (Phi) is 9.31. The number of rotatable bonds is 11. The van der Waals surface area contributed by atoms with E-state index in [2.05, 4.69) is 146 Å². The van der Waals surface area contributed by atoms with Gasteiger partial charge in [-0.1, -0.05) is 93.2 Å². The third-order valence-electron chi connectivity index (χ3n) is 8.46. The van der Waals surface area contributed by atoms with E-state index in [1.54, 1.807) is 0 Å². The highest BCUT2D eigenvalue weighted by molar-refractivity contribution is 9.10. The molecular weight excluding hydrogens is 698 g/mol. The average molecular weight is 733 g/mol. The fraction of sp³-hybridized carbons (Fsp3) is 0.146. The Balaban J connectivity index is 0.967. The Bertz CT molecular complexity index is 1960. The van der Waals surface area contributed by atoms with E-state index in [1.165, 1.54) is 28.2 Å². The van der Waals surface area contributed by atoms with E-state index in [9.17, 15) is 0 Å². The second-order valence-electron chi connectivity index (χ2n) is 11.6. The van der Waals surface area contributed by atoms with Gasteiger partial charge in [0, 0.05) is 42.9 Å². The van der Waals surface area contributed by atoms with E-state index in [1.807, 2.05) is 24.3 Å². The van der Waals surface area contributed by atoms with E-state index < -0.39 is 0 Å². The molecule has 3 nitrogen and oxygen atoms in total. The van der Waals surface area contributed by atoms with Gasteiger partial charge in [0.15, 0.2) is 0 Å². The summed E-state index contributed by atoms with van der Waals surface area (Å²) in [6, 6.07) is 46.5. The molecule has 7 aromatic rings. The van der Waals surface area contributed by atoms with Crippen molar-refractivity contribution in [2.75, 3.05) is 6.61 Å². The van der Waals surface area contributed by atoms with E-state index in [-0.39, 0.29) is 0 Å². The molecule has 0 saturated heterocycles. The van der Waals surface area contributed by atoms with Crippen molar-refractivity contribution in [2.24, 2.45) is 0 Å². The third kappa shape index (κ3) is 6.81. The molecule has 0 radical (unpaired) electrons. The zero-order valence-corrected chi connectivity index (χ0v) is 28.6. The summed E-state index contributed by atoms with van der Waals surface area (Å²) in [5.74, 6) is 2.54. The number of nitrogens with zero attached hydrogens (tertiary/aromatic N) is 1. The van der Waals surface area contributed by atoms with Gasteiger partial charge in [0.1, 0.15) is 5.75 Å². The Morgan fingerprint density at radius 2 is 1.00 bits per heavy atom. The van der Waals surface area contributed by atoms with E-state index >= 15 is 0 Å². The summed E-state index contributed by atoms with van der Waals surface area (Å²) in [5, 5.41) is 2.68. The molecule has 0 saturated carbocycles. The Morgan fingerprint density at radius 3 is 1.57 bits per heavy atom. The minimum Gasteiger partial charge on any atom is -0.494 e. The number of benzene rings is 5. The van der Waals surface area contributed by atoms with Crippen LogP contribution < -0.4 is 4.74 Å². The second-order valence-corrected chi connectivity index (χ2v) is 13.4. The molecule has 5 aromatic carbocycles. The maximum Gasteiger partial charge on any atom is 0.361 e. The SMILES string of the molecule is Brc1ccc(-c2cc(-c3ccc(OCCCCCCn4c5ccccc5c5ccccc54)cc3)cc(-c3ccc(Br)cc3)[o+]2)cc1. The topological polar surface area (TPSA) is 25.5 Å². The molecule has 7 rings (SSSR count). The molecule has 0 bridgehead atoms. The van der Waals surface area contributed by atoms with E-state index in [0.29, 0.717) is 0 Å². The zero-order chi connectivity index (χ0) is 31.3. The summed E-state index contributed by atoms with van der Waals surface area (Å²) in [5.41, 5.74) is 6.92. The van der Waals surface area contributed by atoms with Crippen LogP contribution in [-0.2, 0) is 6.54 Å². The van der Waals surface area contributed by atoms with Crippen molar-refractivity contribution in [2.45, 2.75) is 32.2 Å². The molecular formula is C41H34Br2NO2+. The lowest BCUT2D eigenvalue weighted by atomic mass is 10.0. The Labute approximate surface area is 286 Å². The molecule has 0 fully saturated rings. The van der Waals surface area contributed by atoms with E-state index in [0.717, 1.165) is 80.9 Å². The standard InChI is InChI=1S/C41H34Br2NO2/c42-33-19-13-30(14-20-33)40-27-32(28-41(46-40)31-15-21-34(43)22-16-31)29-17-23-35(24-18-29)45-26-8-2-1-7-25-44-38-11-5-3-9-36(38)37-10-4-6-12-39(37)44/h3-6,9-24,27-28H,1-2,7-8,25-26H2/q+1. The van der Waals surface area contributed by atoms with Gasteiger partial charge >= 0.3 is 11.5 Å². The number of hydrogen-bond acceptors (Lipinski definition) is 1. The first-order chi connectivity index (χ1) is 22.6. The summed E-state index contributed by atoms with van der Waals surface area (Å²) in [7, 11) is 0. The van der Waals surface area contributed by atoms with Crippen LogP contribution in [0, 0.1) is 0 Å². The Hall–Kier alpha value is -4.19. The Morgan fingerprint density at radius 1 is 0.500 bits per heavy atom. The van der Waals surface area contributed by atoms with Crippen molar-refractivity contribution >= 4 is 53.7 Å². The number of hydrogen-bond donors (Lipinski definition) is 0. The number of aryl methyl sites for hydroxylation is 1. The number of halogens is 2. The predicted octanol–water partition coefficient (Wildman–Crippen LogP) is 12.8. The van der Waals surface area contributed by atoms with Crippen molar-refractivity contribution in [3.63, 3.8) is 0 Å². The van der Waals surface area contributed by atoms with Crippen LogP contribution in [0.1, 0.15) is 25.7 Å². The van der Waals surface area contributed by atoms with Gasteiger partial charge in [-0.2, -0.15) is 0 Å². The van der Waals surface area contributed by atoms with Crippen LogP contribution in [0.2, 0.25) is 0 Å². The first-order valence-electron chi connectivity index (χ1n) is 15.8. The third-order valence-corrected chi connectivity index (χ3v) is 9.52. The summed E-state index contributed by atoms with van der Waals surface area (Å²) >= 11 is 7.08. The minimum absolute atomic E-state index is 0.723. The number of para-hydroxylation sites is 2. The largest absolute Gasteiger partial charge is 0.494 e. The molecule has 0 aliphatic carbocycles. The monoisotopic (exact) mass is 730 g/mol. The molecule has 46 heavy (non-hydrogen) atoms. The molecule has 2 aromatic heterocycles. The molecule has 0 unspecified atom stereocenters. The van der Waals surface area contributed by atoms with Crippen LogP contribution in [0.5, 0.6) is 5.75 Å². The molecule has 0 amide bonds. The summed E-state index contributed by atoms with van der Waals surface area (Å²) < 4.78 is 17.1. The van der Waals surface area contributed by atoms with Crippen molar-refractivity contribution in [1.82, 2.24) is 4.57 Å². The molecule has 2 heterocycles. The highest BCUT2D eigenvalue weighted by Gasteiger charge is 2.21. The lowest BCUT2D eigenvalue weighted by molar-refractivity contribution is 0.304. The number of ether oxygens (including phenoxy) is 1. The number of aromatic nitrogens is 1. The van der Waals surface area contributed by atoms with Crippen LogP contribution in [0.3, 0.4) is 0 Å². The molecule has 5 heteroatoms. The predicted molar refractivity (Wildman–Crippen MR) is 198 cm³/mol. The van der Waals surface area contributed by atoms with Crippen molar-refractivity contribution < 1.29 is 9.15 Å². The average Bonchev–Trinajstić information content (AvgIpc) is 3.42.